The van der Waals surface area contributed by atoms with E-state index < -0.39 is 24.0 Å². The number of aromatic hydroxyl groups is 1. The molecule has 10 heteroatoms. The van der Waals surface area contributed by atoms with Gasteiger partial charge in [0.15, 0.2) is 5.82 Å². The molecule has 202 valence electrons. The molecule has 4 aromatic rings. The number of hydrogen-bond donors (Lipinski definition) is 2. The maximum atomic E-state index is 16.3. The number of rotatable bonds is 5. The Labute approximate surface area is 221 Å². The highest BCUT2D eigenvalue weighted by molar-refractivity contribution is 6.01. The molecule has 1 saturated carbocycles. The van der Waals surface area contributed by atoms with Crippen LogP contribution in [0.4, 0.5) is 23.4 Å². The van der Waals surface area contributed by atoms with E-state index in [4.69, 9.17) is 4.74 Å². The zero-order valence-corrected chi connectivity index (χ0v) is 20.9. The third kappa shape index (κ3) is 4.12. The number of aromatic nitrogens is 2. The van der Waals surface area contributed by atoms with Crippen LogP contribution in [0.15, 0.2) is 48.5 Å². The highest BCUT2D eigenvalue weighted by atomic mass is 19.4. The summed E-state index contributed by atoms with van der Waals surface area (Å²) < 4.78 is 62.6. The number of benzene rings is 3. The Hall–Kier alpha value is -3.66. The molecule has 3 heterocycles. The van der Waals surface area contributed by atoms with Crippen LogP contribution in [0.25, 0.3) is 32.8 Å². The number of anilines is 1. The van der Waals surface area contributed by atoms with Crippen molar-refractivity contribution in [3.8, 4) is 22.9 Å². The summed E-state index contributed by atoms with van der Waals surface area (Å²) in [6, 6.07) is 14.1. The van der Waals surface area contributed by atoms with E-state index in [0.717, 1.165) is 23.6 Å². The van der Waals surface area contributed by atoms with E-state index in [2.05, 4.69) is 20.2 Å². The van der Waals surface area contributed by atoms with E-state index in [1.54, 1.807) is 18.2 Å². The summed E-state index contributed by atoms with van der Waals surface area (Å²) >= 11 is 0. The van der Waals surface area contributed by atoms with Crippen LogP contribution in [-0.2, 0) is 0 Å². The SMILES string of the molecule is Oc1cc(-c2ccc3c(N4C[C@H]5CC[C@@H](C4)N5)nc(OCC4(C(F)(F)F)CC4)nc3c2F)c2ccccc2c1. The fourth-order valence-corrected chi connectivity index (χ4v) is 5.99. The van der Waals surface area contributed by atoms with Crippen molar-refractivity contribution < 1.29 is 27.4 Å². The zero-order valence-electron chi connectivity index (χ0n) is 20.9. The van der Waals surface area contributed by atoms with Gasteiger partial charge in [0.05, 0.1) is 0 Å². The van der Waals surface area contributed by atoms with Gasteiger partial charge in [0.1, 0.15) is 29.1 Å². The van der Waals surface area contributed by atoms with Crippen molar-refractivity contribution >= 4 is 27.5 Å². The van der Waals surface area contributed by atoms with Crippen LogP contribution in [0, 0.1) is 11.2 Å². The number of piperazine rings is 1. The number of alkyl halides is 3. The Morgan fingerprint density at radius 1 is 0.974 bits per heavy atom. The molecule has 7 rings (SSSR count). The first-order valence-corrected chi connectivity index (χ1v) is 13.1. The molecule has 0 amide bonds. The average Bonchev–Trinajstić information content (AvgIpc) is 3.65. The smallest absolute Gasteiger partial charge is 0.397 e. The first-order valence-electron chi connectivity index (χ1n) is 13.1. The average molecular weight is 539 g/mol. The molecule has 2 N–H and O–H groups in total. The van der Waals surface area contributed by atoms with Gasteiger partial charge >= 0.3 is 12.2 Å². The first kappa shape index (κ1) is 24.4. The van der Waals surface area contributed by atoms with Gasteiger partial charge in [0.25, 0.3) is 0 Å². The number of phenolic OH excluding ortho intramolecular Hbond substituents is 1. The van der Waals surface area contributed by atoms with Crippen LogP contribution < -0.4 is 15.0 Å². The summed E-state index contributed by atoms with van der Waals surface area (Å²) in [5, 5.41) is 15.8. The van der Waals surface area contributed by atoms with E-state index in [-0.39, 0.29) is 47.8 Å². The minimum Gasteiger partial charge on any atom is -0.508 e. The van der Waals surface area contributed by atoms with Gasteiger partial charge in [0.2, 0.25) is 0 Å². The number of nitrogens with zero attached hydrogens (tertiary/aromatic N) is 3. The molecule has 0 radical (unpaired) electrons. The Balaban J connectivity index is 1.36. The summed E-state index contributed by atoms with van der Waals surface area (Å²) in [6.07, 6.45) is -2.38. The Kier molecular flexibility index (Phi) is 5.42. The molecule has 1 aromatic heterocycles. The zero-order chi connectivity index (χ0) is 26.9. The second-order valence-corrected chi connectivity index (χ2v) is 11.0. The van der Waals surface area contributed by atoms with Crippen LogP contribution in [0.3, 0.4) is 0 Å². The summed E-state index contributed by atoms with van der Waals surface area (Å²) in [4.78, 5) is 10.9. The van der Waals surface area contributed by atoms with Crippen LogP contribution >= 0.6 is 0 Å². The van der Waals surface area contributed by atoms with Crippen LogP contribution in [0.2, 0.25) is 0 Å². The summed E-state index contributed by atoms with van der Waals surface area (Å²) in [5.74, 6) is -0.197. The first-order chi connectivity index (χ1) is 18.7. The van der Waals surface area contributed by atoms with Crippen molar-refractivity contribution in [2.75, 3.05) is 24.6 Å². The minimum absolute atomic E-state index is 0.00577. The van der Waals surface area contributed by atoms with Gasteiger partial charge in [-0.2, -0.15) is 23.1 Å². The molecular weight excluding hydrogens is 512 g/mol. The Morgan fingerprint density at radius 3 is 2.44 bits per heavy atom. The van der Waals surface area contributed by atoms with Gasteiger partial charge in [-0.1, -0.05) is 30.3 Å². The van der Waals surface area contributed by atoms with E-state index >= 15 is 4.39 Å². The molecule has 3 aromatic carbocycles. The molecule has 2 aliphatic heterocycles. The molecule has 0 spiro atoms. The summed E-state index contributed by atoms with van der Waals surface area (Å²) in [7, 11) is 0. The predicted molar refractivity (Wildman–Crippen MR) is 139 cm³/mol. The third-order valence-corrected chi connectivity index (χ3v) is 8.35. The summed E-state index contributed by atoms with van der Waals surface area (Å²) in [5.41, 5.74) is -1.22. The lowest BCUT2D eigenvalue weighted by Crippen LogP contribution is -2.51. The largest absolute Gasteiger partial charge is 0.508 e. The molecule has 3 fully saturated rings. The second-order valence-electron chi connectivity index (χ2n) is 11.0. The second kappa shape index (κ2) is 8.67. The molecule has 39 heavy (non-hydrogen) atoms. The van der Waals surface area contributed by atoms with E-state index in [1.807, 2.05) is 24.3 Å². The standard InChI is InChI=1S/C29H26F4N4O2/c30-24-21(23-12-19(38)11-16-3-1-2-4-20(16)23)7-8-22-25(24)35-27(39-15-28(9-10-28)29(31,32)33)36-26(22)37-13-17-5-6-18(14-37)34-17/h1-4,7-8,11-12,17-18,34,38H,5-6,9-10,13-15H2/t17-,18+. The maximum absolute atomic E-state index is 16.3. The topological polar surface area (TPSA) is 70.5 Å². The van der Waals surface area contributed by atoms with Crippen LogP contribution in [0.5, 0.6) is 11.8 Å². The van der Waals surface area contributed by atoms with Gasteiger partial charge in [-0.25, -0.2) is 4.39 Å². The van der Waals surface area contributed by atoms with E-state index in [9.17, 15) is 18.3 Å². The molecular formula is C29H26F4N4O2. The maximum Gasteiger partial charge on any atom is 0.397 e. The Morgan fingerprint density at radius 2 is 1.72 bits per heavy atom. The van der Waals surface area contributed by atoms with Crippen molar-refractivity contribution in [1.29, 1.82) is 0 Å². The number of nitrogens with one attached hydrogen (secondary N) is 1. The van der Waals surface area contributed by atoms with Crippen LogP contribution in [-0.4, -0.2) is 53.0 Å². The van der Waals surface area contributed by atoms with E-state index in [1.165, 1.54) is 6.07 Å². The third-order valence-electron chi connectivity index (χ3n) is 8.35. The van der Waals surface area contributed by atoms with Gasteiger partial charge in [-0.15, -0.1) is 0 Å². The molecule has 2 bridgehead atoms. The van der Waals surface area contributed by atoms with Crippen molar-refractivity contribution in [2.45, 2.75) is 43.9 Å². The monoisotopic (exact) mass is 538 g/mol. The lowest BCUT2D eigenvalue weighted by Gasteiger charge is -2.34. The number of halogens is 4. The van der Waals surface area contributed by atoms with Gasteiger partial charge in [-0.05, 0) is 60.2 Å². The van der Waals surface area contributed by atoms with Gasteiger partial charge in [-0.3, -0.25) is 0 Å². The molecule has 0 unspecified atom stereocenters. The fraction of sp³-hybridized carbons (Fsp3) is 0.379. The van der Waals surface area contributed by atoms with Gasteiger partial charge < -0.3 is 20.1 Å². The highest BCUT2D eigenvalue weighted by Crippen LogP contribution is 2.57. The number of hydrogen-bond acceptors (Lipinski definition) is 6. The molecule has 3 aliphatic rings. The fourth-order valence-electron chi connectivity index (χ4n) is 5.99. The molecule has 2 saturated heterocycles. The van der Waals surface area contributed by atoms with E-state index in [0.29, 0.717) is 29.9 Å². The number of fused-ring (bicyclic) bond motifs is 4. The molecule has 2 atom stereocenters. The minimum atomic E-state index is -4.39. The lowest BCUT2D eigenvalue weighted by molar-refractivity contribution is -0.194. The molecule has 1 aliphatic carbocycles. The van der Waals surface area contributed by atoms with Crippen molar-refractivity contribution in [3.63, 3.8) is 0 Å². The normalized spacial score (nSPS) is 22.0. The summed E-state index contributed by atoms with van der Waals surface area (Å²) in [6.45, 7) is 0.691. The predicted octanol–water partition coefficient (Wildman–Crippen LogP) is 5.96. The van der Waals surface area contributed by atoms with Crippen molar-refractivity contribution in [1.82, 2.24) is 15.3 Å². The van der Waals surface area contributed by atoms with Gasteiger partial charge in [0, 0.05) is 36.1 Å². The highest BCUT2D eigenvalue weighted by Gasteiger charge is 2.64. The van der Waals surface area contributed by atoms with Crippen molar-refractivity contribution in [3.05, 3.63) is 54.3 Å². The number of ether oxygens (including phenoxy) is 1. The molecule has 6 nitrogen and oxygen atoms in total. The lowest BCUT2D eigenvalue weighted by atomic mass is 9.96. The van der Waals surface area contributed by atoms with Crippen LogP contribution in [0.1, 0.15) is 25.7 Å². The quantitative estimate of drug-likeness (QED) is 0.306. The van der Waals surface area contributed by atoms with Crippen molar-refractivity contribution in [2.24, 2.45) is 5.41 Å². The number of phenols is 1. The Bertz CT molecular complexity index is 1590.